The molecule has 0 heterocycles. The fourth-order valence-electron chi connectivity index (χ4n) is 0.444. The fourth-order valence-corrected chi connectivity index (χ4v) is 0.444. The van der Waals surface area contributed by atoms with Crippen molar-refractivity contribution in [2.45, 2.75) is 12.6 Å². The van der Waals surface area contributed by atoms with Gasteiger partial charge in [-0.05, 0) is 28.1 Å². The number of hydrogen-bond acceptors (Lipinski definition) is 3. The summed E-state index contributed by atoms with van der Waals surface area (Å²) in [5.74, 6) is 0. The smallest absolute Gasteiger partial charge is 0.0913 e. The zero-order chi connectivity index (χ0) is 7.49. The molecule has 0 aliphatic rings. The Kier molecular flexibility index (Phi) is 3.11. The molecule has 0 aliphatic heterocycles. The van der Waals surface area contributed by atoms with Gasteiger partial charge in [0.25, 0.3) is 0 Å². The third-order valence-corrected chi connectivity index (χ3v) is 1.83. The van der Waals surface area contributed by atoms with Gasteiger partial charge in [-0.3, -0.25) is 4.90 Å². The minimum absolute atomic E-state index is 0.122. The molecule has 0 saturated carbocycles. The molecule has 0 radical (unpaired) electrons. The number of rotatable bonds is 3. The van der Waals surface area contributed by atoms with E-state index in [4.69, 9.17) is 5.11 Å². The maximum atomic E-state index is 8.85. The molecular weight excluding hydrogens is 116 g/mol. The highest BCUT2D eigenvalue weighted by Crippen LogP contribution is 2.02. The lowest BCUT2D eigenvalue weighted by Crippen LogP contribution is -2.54. The van der Waals surface area contributed by atoms with E-state index in [0.717, 1.165) is 0 Å². The topological polar surface area (TPSA) is 35.5 Å². The first kappa shape index (κ1) is 8.88. The van der Waals surface area contributed by atoms with Crippen LogP contribution in [0.5, 0.6) is 0 Å². The predicted molar refractivity (Wildman–Crippen MR) is 38.2 cm³/mol. The molecule has 0 aromatic rings. The average molecular weight is 132 g/mol. The standard InChI is InChI=1S/C6H16N2O/c1-6(5-9,7-2)8(3)4/h7,9H,5H2,1-4H3. The molecular formula is C6H16N2O. The maximum absolute atomic E-state index is 8.85. The van der Waals surface area contributed by atoms with Crippen molar-refractivity contribution < 1.29 is 5.11 Å². The maximum Gasteiger partial charge on any atom is 0.0913 e. The second-order valence-electron chi connectivity index (χ2n) is 2.58. The Hall–Kier alpha value is -0.120. The molecule has 1 unspecified atom stereocenters. The first-order chi connectivity index (χ1) is 4.06. The van der Waals surface area contributed by atoms with Crippen LogP contribution in [-0.2, 0) is 0 Å². The molecule has 3 heteroatoms. The summed E-state index contributed by atoms with van der Waals surface area (Å²) in [4.78, 5) is 1.94. The van der Waals surface area contributed by atoms with Gasteiger partial charge in [0, 0.05) is 0 Å². The third-order valence-electron chi connectivity index (χ3n) is 1.83. The molecule has 0 aromatic heterocycles. The summed E-state index contributed by atoms with van der Waals surface area (Å²) in [6.45, 7) is 2.06. The van der Waals surface area contributed by atoms with Crippen molar-refractivity contribution >= 4 is 0 Å². The SMILES string of the molecule is CNC(C)(CO)N(C)C. The van der Waals surface area contributed by atoms with E-state index in [1.165, 1.54) is 0 Å². The van der Waals surface area contributed by atoms with Crippen molar-refractivity contribution in [3.8, 4) is 0 Å². The van der Waals surface area contributed by atoms with Crippen molar-refractivity contribution in [1.29, 1.82) is 0 Å². The molecule has 0 bridgehead atoms. The van der Waals surface area contributed by atoms with Gasteiger partial charge >= 0.3 is 0 Å². The Morgan fingerprint density at radius 3 is 2.00 bits per heavy atom. The van der Waals surface area contributed by atoms with Gasteiger partial charge in [0.1, 0.15) is 0 Å². The van der Waals surface area contributed by atoms with E-state index in [1.54, 1.807) is 0 Å². The van der Waals surface area contributed by atoms with Gasteiger partial charge in [-0.25, -0.2) is 0 Å². The Labute approximate surface area is 56.7 Å². The van der Waals surface area contributed by atoms with Gasteiger partial charge in [0.2, 0.25) is 0 Å². The quantitative estimate of drug-likeness (QED) is 0.507. The van der Waals surface area contributed by atoms with Gasteiger partial charge in [0.05, 0.1) is 12.3 Å². The Morgan fingerprint density at radius 2 is 2.00 bits per heavy atom. The zero-order valence-corrected chi connectivity index (χ0v) is 6.60. The summed E-state index contributed by atoms with van der Waals surface area (Å²) in [6, 6.07) is 0. The molecule has 1 atom stereocenters. The monoisotopic (exact) mass is 132 g/mol. The Bertz CT molecular complexity index is 79.1. The number of aliphatic hydroxyl groups is 1. The van der Waals surface area contributed by atoms with Crippen LogP contribution in [0.15, 0.2) is 0 Å². The van der Waals surface area contributed by atoms with Crippen LogP contribution in [0.4, 0.5) is 0 Å². The summed E-state index contributed by atoms with van der Waals surface area (Å²) in [5, 5.41) is 11.9. The third kappa shape index (κ3) is 1.93. The Morgan fingerprint density at radius 1 is 1.56 bits per heavy atom. The summed E-state index contributed by atoms with van der Waals surface area (Å²) in [5.41, 5.74) is -0.278. The van der Waals surface area contributed by atoms with Crippen molar-refractivity contribution in [2.24, 2.45) is 0 Å². The Balaban J connectivity index is 3.92. The molecule has 0 aliphatic carbocycles. The second kappa shape index (κ2) is 3.15. The number of nitrogens with zero attached hydrogens (tertiary/aromatic N) is 1. The average Bonchev–Trinajstić information content (AvgIpc) is 1.86. The van der Waals surface area contributed by atoms with Gasteiger partial charge in [0.15, 0.2) is 0 Å². The van der Waals surface area contributed by atoms with Crippen LogP contribution in [0, 0.1) is 0 Å². The van der Waals surface area contributed by atoms with E-state index in [2.05, 4.69) is 5.32 Å². The highest BCUT2D eigenvalue weighted by Gasteiger charge is 2.22. The van der Waals surface area contributed by atoms with E-state index >= 15 is 0 Å². The van der Waals surface area contributed by atoms with E-state index < -0.39 is 0 Å². The molecule has 0 aromatic carbocycles. The normalized spacial score (nSPS) is 18.0. The van der Waals surface area contributed by atoms with Crippen LogP contribution >= 0.6 is 0 Å². The van der Waals surface area contributed by atoms with Crippen molar-refractivity contribution in [2.75, 3.05) is 27.7 Å². The summed E-state index contributed by atoms with van der Waals surface area (Å²) >= 11 is 0. The summed E-state index contributed by atoms with van der Waals surface area (Å²) in [7, 11) is 5.68. The van der Waals surface area contributed by atoms with Crippen LogP contribution in [0.3, 0.4) is 0 Å². The van der Waals surface area contributed by atoms with E-state index in [0.29, 0.717) is 0 Å². The predicted octanol–water partition coefficient (Wildman–Crippen LogP) is -0.524. The summed E-state index contributed by atoms with van der Waals surface area (Å²) < 4.78 is 0. The van der Waals surface area contributed by atoms with Crippen LogP contribution < -0.4 is 5.32 Å². The highest BCUT2D eigenvalue weighted by atomic mass is 16.3. The zero-order valence-electron chi connectivity index (χ0n) is 6.60. The second-order valence-corrected chi connectivity index (χ2v) is 2.58. The number of aliphatic hydroxyl groups excluding tert-OH is 1. The fraction of sp³-hybridized carbons (Fsp3) is 1.00. The first-order valence-electron chi connectivity index (χ1n) is 3.04. The van der Waals surface area contributed by atoms with Crippen molar-refractivity contribution in [3.05, 3.63) is 0 Å². The number of hydrogen-bond donors (Lipinski definition) is 2. The summed E-state index contributed by atoms with van der Waals surface area (Å²) in [6.07, 6.45) is 0. The van der Waals surface area contributed by atoms with E-state index in [1.807, 2.05) is 33.0 Å². The van der Waals surface area contributed by atoms with E-state index in [9.17, 15) is 0 Å². The van der Waals surface area contributed by atoms with E-state index in [-0.39, 0.29) is 12.3 Å². The van der Waals surface area contributed by atoms with Crippen LogP contribution in [0.2, 0.25) is 0 Å². The molecule has 0 rings (SSSR count). The number of nitrogens with one attached hydrogen (secondary N) is 1. The lowest BCUT2D eigenvalue weighted by atomic mass is 10.2. The minimum atomic E-state index is -0.278. The van der Waals surface area contributed by atoms with Gasteiger partial charge in [-0.15, -0.1) is 0 Å². The largest absolute Gasteiger partial charge is 0.393 e. The molecule has 0 amide bonds. The van der Waals surface area contributed by atoms with Crippen molar-refractivity contribution in [1.82, 2.24) is 10.2 Å². The van der Waals surface area contributed by atoms with Gasteiger partial charge in [-0.1, -0.05) is 0 Å². The molecule has 9 heavy (non-hydrogen) atoms. The molecule has 0 saturated heterocycles. The van der Waals surface area contributed by atoms with Gasteiger partial charge < -0.3 is 10.4 Å². The molecule has 0 spiro atoms. The highest BCUT2D eigenvalue weighted by molar-refractivity contribution is 4.76. The first-order valence-corrected chi connectivity index (χ1v) is 3.04. The van der Waals surface area contributed by atoms with Crippen LogP contribution in [-0.4, -0.2) is 43.4 Å². The molecule has 0 fully saturated rings. The molecule has 3 nitrogen and oxygen atoms in total. The number of likely N-dealkylation sites (N-methyl/N-ethyl adjacent to an activating group) is 2. The lowest BCUT2D eigenvalue weighted by Gasteiger charge is -2.33. The minimum Gasteiger partial charge on any atom is -0.393 e. The molecule has 2 N–H and O–H groups in total. The van der Waals surface area contributed by atoms with Crippen LogP contribution in [0.1, 0.15) is 6.92 Å². The van der Waals surface area contributed by atoms with Gasteiger partial charge in [-0.2, -0.15) is 0 Å². The van der Waals surface area contributed by atoms with Crippen LogP contribution in [0.25, 0.3) is 0 Å². The van der Waals surface area contributed by atoms with Crippen molar-refractivity contribution in [3.63, 3.8) is 0 Å². The molecule has 56 valence electrons. The lowest BCUT2D eigenvalue weighted by molar-refractivity contribution is 0.0610.